The summed E-state index contributed by atoms with van der Waals surface area (Å²) < 4.78 is 2.76. The van der Waals surface area contributed by atoms with E-state index in [2.05, 4.69) is 184 Å². The van der Waals surface area contributed by atoms with Crippen LogP contribution in [-0.4, -0.2) is 0 Å². The predicted molar refractivity (Wildman–Crippen MR) is 243 cm³/mol. The first-order valence-electron chi connectivity index (χ1n) is 20.1. The van der Waals surface area contributed by atoms with Gasteiger partial charge in [0.05, 0.1) is 0 Å². The first kappa shape index (κ1) is 32.2. The molecular formula is C55H40S. The van der Waals surface area contributed by atoms with Crippen LogP contribution in [0, 0.1) is 11.8 Å². The maximum absolute atomic E-state index is 2.51. The van der Waals surface area contributed by atoms with Crippen molar-refractivity contribution in [1.29, 1.82) is 0 Å². The lowest BCUT2D eigenvalue weighted by molar-refractivity contribution is 0.661. The molecule has 0 nitrogen and oxygen atoms in total. The smallest absolute Gasteiger partial charge is 0.0434 e. The summed E-state index contributed by atoms with van der Waals surface area (Å²) in [6, 6.07) is 44.1. The highest BCUT2D eigenvalue weighted by Crippen LogP contribution is 2.53. The monoisotopic (exact) mass is 732 g/mol. The minimum absolute atomic E-state index is 0.0519. The van der Waals surface area contributed by atoms with Gasteiger partial charge in [0.2, 0.25) is 0 Å². The number of rotatable bonds is 3. The first-order chi connectivity index (χ1) is 27.5. The second-order valence-electron chi connectivity index (χ2n) is 16.6. The van der Waals surface area contributed by atoms with Gasteiger partial charge < -0.3 is 0 Å². The lowest BCUT2D eigenvalue weighted by Gasteiger charge is -2.30. The van der Waals surface area contributed by atoms with Crippen molar-refractivity contribution in [1.82, 2.24) is 0 Å². The number of allylic oxidation sites excluding steroid dienone is 12. The third-order valence-corrected chi connectivity index (χ3v) is 14.6. The van der Waals surface area contributed by atoms with Crippen LogP contribution in [0.4, 0.5) is 0 Å². The first-order valence-corrected chi connectivity index (χ1v) is 21.0. The van der Waals surface area contributed by atoms with Crippen LogP contribution in [0.2, 0.25) is 0 Å². The minimum Gasteiger partial charge on any atom is -0.135 e. The normalized spacial score (nSPS) is 19.4. The van der Waals surface area contributed by atoms with Gasteiger partial charge in [-0.1, -0.05) is 160 Å². The highest BCUT2D eigenvalue weighted by Gasteiger charge is 2.36. The Morgan fingerprint density at radius 2 is 1.18 bits per heavy atom. The van der Waals surface area contributed by atoms with Gasteiger partial charge in [0.15, 0.2) is 0 Å². The van der Waals surface area contributed by atoms with Gasteiger partial charge in [-0.15, -0.1) is 11.3 Å². The zero-order valence-electron chi connectivity index (χ0n) is 31.6. The molecule has 7 aromatic carbocycles. The maximum Gasteiger partial charge on any atom is 0.0434 e. The highest BCUT2D eigenvalue weighted by molar-refractivity contribution is 7.26. The van der Waals surface area contributed by atoms with E-state index in [-0.39, 0.29) is 5.41 Å². The number of hydrogen-bond acceptors (Lipinski definition) is 1. The van der Waals surface area contributed by atoms with Gasteiger partial charge in [-0.3, -0.25) is 0 Å². The molecule has 0 aliphatic heterocycles. The summed E-state index contributed by atoms with van der Waals surface area (Å²) in [7, 11) is 0. The van der Waals surface area contributed by atoms with E-state index in [1.807, 2.05) is 11.3 Å². The molecule has 0 radical (unpaired) electrons. The topological polar surface area (TPSA) is 0 Å². The summed E-state index contributed by atoms with van der Waals surface area (Å²) >= 11 is 1.93. The molecule has 0 bridgehead atoms. The predicted octanol–water partition coefficient (Wildman–Crippen LogP) is 15.4. The van der Waals surface area contributed by atoms with Crippen molar-refractivity contribution in [3.63, 3.8) is 0 Å². The molecule has 1 heterocycles. The summed E-state index contributed by atoms with van der Waals surface area (Å²) in [5, 5.41) is 10.8. The molecule has 0 N–H and O–H groups in total. The van der Waals surface area contributed by atoms with E-state index in [0.29, 0.717) is 11.8 Å². The fraction of sp³-hybridized carbons (Fsp3) is 0.127. The van der Waals surface area contributed by atoms with Crippen LogP contribution in [0.3, 0.4) is 0 Å². The van der Waals surface area contributed by atoms with E-state index in [9.17, 15) is 0 Å². The lowest BCUT2D eigenvalue weighted by atomic mass is 9.74. The Balaban J connectivity index is 0.976. The lowest BCUT2D eigenvalue weighted by Crippen LogP contribution is -2.15. The van der Waals surface area contributed by atoms with E-state index in [1.165, 1.54) is 108 Å². The van der Waals surface area contributed by atoms with Crippen LogP contribution < -0.4 is 0 Å². The molecule has 1 aromatic heterocycles. The van der Waals surface area contributed by atoms with Crippen molar-refractivity contribution in [2.45, 2.75) is 32.1 Å². The standard InChI is InChI=1S/C55H40S/c1-55(2)49-29-27-36(30-47(49)48-32-46-37(31-50(48)55)26-28-45-39-15-9-10-21-51(39)56-54(45)46)33-22-24-35(25-23-33)52-41-16-5-7-18-43(41)53(44-19-8-6-17-42(44)52)40-20-11-13-34-12-3-4-14-38(34)40/h3-22,24,26-32,34,38H,23,25H2,1-2H3. The van der Waals surface area contributed by atoms with Gasteiger partial charge in [0, 0.05) is 42.8 Å². The fourth-order valence-corrected chi connectivity index (χ4v) is 11.8. The number of benzene rings is 7. The van der Waals surface area contributed by atoms with Crippen molar-refractivity contribution in [2.75, 3.05) is 0 Å². The van der Waals surface area contributed by atoms with Gasteiger partial charge in [0.25, 0.3) is 0 Å². The van der Waals surface area contributed by atoms with Crippen molar-refractivity contribution in [3.05, 3.63) is 198 Å². The molecule has 0 spiro atoms. The molecule has 56 heavy (non-hydrogen) atoms. The third-order valence-electron chi connectivity index (χ3n) is 13.4. The third kappa shape index (κ3) is 4.58. The Morgan fingerprint density at radius 1 is 0.518 bits per heavy atom. The summed E-state index contributed by atoms with van der Waals surface area (Å²) in [5.74, 6) is 0.750. The minimum atomic E-state index is -0.0519. The SMILES string of the molecule is CC1(C)c2ccc(C3=CC=C(c4c5ccccc5c(C5=CC=CC6C=CC=CC56)c5ccccc45)CC3)cc2-c2cc3c(ccc4c5ccccc5sc34)cc21. The van der Waals surface area contributed by atoms with Gasteiger partial charge in [0.1, 0.15) is 0 Å². The molecule has 266 valence electrons. The Labute approximate surface area is 331 Å². The molecule has 0 saturated heterocycles. The summed E-state index contributed by atoms with van der Waals surface area (Å²) in [6.45, 7) is 4.80. The highest BCUT2D eigenvalue weighted by atomic mass is 32.1. The van der Waals surface area contributed by atoms with Crippen LogP contribution in [0.15, 0.2) is 170 Å². The van der Waals surface area contributed by atoms with E-state index in [1.54, 1.807) is 0 Å². The van der Waals surface area contributed by atoms with Gasteiger partial charge >= 0.3 is 0 Å². The molecule has 0 fully saturated rings. The summed E-state index contributed by atoms with van der Waals surface area (Å²) in [6.07, 6.45) is 23.0. The Bertz CT molecular complexity index is 3160. The zero-order valence-corrected chi connectivity index (χ0v) is 32.5. The van der Waals surface area contributed by atoms with E-state index >= 15 is 0 Å². The Kier molecular flexibility index (Phi) is 6.90. The van der Waals surface area contributed by atoms with Crippen LogP contribution >= 0.6 is 11.3 Å². The summed E-state index contributed by atoms with van der Waals surface area (Å²) in [5.41, 5.74) is 14.0. The molecule has 2 atom stereocenters. The quantitative estimate of drug-likeness (QED) is 0.159. The van der Waals surface area contributed by atoms with Crippen molar-refractivity contribution in [2.24, 2.45) is 11.8 Å². The molecule has 12 rings (SSSR count). The van der Waals surface area contributed by atoms with Crippen LogP contribution in [0.25, 0.3) is 80.3 Å². The number of hydrogen-bond donors (Lipinski definition) is 0. The second kappa shape index (κ2) is 12.0. The van der Waals surface area contributed by atoms with Gasteiger partial charge in [-0.05, 0) is 120 Å². The van der Waals surface area contributed by atoms with Crippen LogP contribution in [0.1, 0.15) is 54.5 Å². The molecule has 1 heteroatoms. The summed E-state index contributed by atoms with van der Waals surface area (Å²) in [4.78, 5) is 0. The number of thiophene rings is 1. The fourth-order valence-electron chi connectivity index (χ4n) is 10.6. The largest absolute Gasteiger partial charge is 0.135 e. The zero-order chi connectivity index (χ0) is 37.1. The van der Waals surface area contributed by atoms with Crippen LogP contribution in [-0.2, 0) is 5.41 Å². The van der Waals surface area contributed by atoms with E-state index in [4.69, 9.17) is 0 Å². The molecule has 4 aliphatic carbocycles. The maximum atomic E-state index is 2.51. The molecule has 2 unspecified atom stereocenters. The van der Waals surface area contributed by atoms with E-state index in [0.717, 1.165) is 12.8 Å². The second-order valence-corrected chi connectivity index (χ2v) is 17.7. The Hall–Kier alpha value is -6.02. The average Bonchev–Trinajstić information content (AvgIpc) is 3.73. The molecule has 0 saturated carbocycles. The molecular weight excluding hydrogens is 693 g/mol. The van der Waals surface area contributed by atoms with Gasteiger partial charge in [-0.2, -0.15) is 0 Å². The van der Waals surface area contributed by atoms with Crippen molar-refractivity contribution in [3.8, 4) is 11.1 Å². The molecule has 0 amide bonds. The van der Waals surface area contributed by atoms with E-state index < -0.39 is 0 Å². The molecule has 4 aliphatic rings. The van der Waals surface area contributed by atoms with Crippen LogP contribution in [0.5, 0.6) is 0 Å². The number of fused-ring (bicyclic) bond motifs is 11. The Morgan fingerprint density at radius 3 is 1.95 bits per heavy atom. The average molecular weight is 733 g/mol. The van der Waals surface area contributed by atoms with Crippen molar-refractivity contribution >= 4 is 80.5 Å². The van der Waals surface area contributed by atoms with Gasteiger partial charge in [-0.25, -0.2) is 0 Å². The molecule has 8 aromatic rings. The van der Waals surface area contributed by atoms with Crippen molar-refractivity contribution < 1.29 is 0 Å².